The zero-order chi connectivity index (χ0) is 15.1. The maximum absolute atomic E-state index is 6.66. The van der Waals surface area contributed by atoms with Crippen molar-refractivity contribution in [1.82, 2.24) is 9.55 Å². The molecule has 1 atom stereocenters. The first-order valence-electron chi connectivity index (χ1n) is 7.58. The van der Waals surface area contributed by atoms with Crippen molar-refractivity contribution >= 4 is 11.6 Å². The van der Waals surface area contributed by atoms with Gasteiger partial charge in [0, 0.05) is 23.0 Å². The molecule has 1 aliphatic carbocycles. The molecule has 0 radical (unpaired) electrons. The maximum atomic E-state index is 6.66. The van der Waals surface area contributed by atoms with Gasteiger partial charge in [-0.3, -0.25) is 0 Å². The normalized spacial score (nSPS) is 16.7. The number of halogens is 1. The number of fused-ring (bicyclic) bond motifs is 2. The number of aromatic nitrogens is 2. The second-order valence-electron chi connectivity index (χ2n) is 5.93. The lowest BCUT2D eigenvalue weighted by molar-refractivity contribution is 0.673. The first-order chi connectivity index (χ1) is 10.7. The van der Waals surface area contributed by atoms with E-state index < -0.39 is 0 Å². The van der Waals surface area contributed by atoms with E-state index in [0.717, 1.165) is 17.9 Å². The smallest absolute Gasteiger partial charge is 0.0954 e. The number of imidazole rings is 1. The molecule has 3 heteroatoms. The van der Waals surface area contributed by atoms with Crippen LogP contribution in [0.5, 0.6) is 0 Å². The highest BCUT2D eigenvalue weighted by molar-refractivity contribution is 6.31. The molecule has 0 saturated heterocycles. The lowest BCUT2D eigenvalue weighted by Crippen LogP contribution is -2.13. The molecule has 0 fully saturated rings. The van der Waals surface area contributed by atoms with E-state index in [9.17, 15) is 0 Å². The number of hydrogen-bond donors (Lipinski definition) is 0. The summed E-state index contributed by atoms with van der Waals surface area (Å²) in [6.07, 6.45) is 7.81. The van der Waals surface area contributed by atoms with Gasteiger partial charge in [0.25, 0.3) is 0 Å². The van der Waals surface area contributed by atoms with Crippen LogP contribution in [0.4, 0.5) is 0 Å². The predicted octanol–water partition coefficient (Wildman–Crippen LogP) is 4.58. The zero-order valence-electron chi connectivity index (χ0n) is 12.5. The molecular weight excluding hydrogens is 292 g/mol. The topological polar surface area (TPSA) is 17.8 Å². The highest BCUT2D eigenvalue weighted by atomic mass is 35.5. The molecule has 1 heterocycles. The fourth-order valence-electron chi connectivity index (χ4n) is 3.52. The van der Waals surface area contributed by atoms with Gasteiger partial charge in [-0.05, 0) is 48.1 Å². The van der Waals surface area contributed by atoms with E-state index >= 15 is 0 Å². The third kappa shape index (κ3) is 2.15. The van der Waals surface area contributed by atoms with Crippen molar-refractivity contribution in [2.24, 2.45) is 0 Å². The summed E-state index contributed by atoms with van der Waals surface area (Å²) in [4.78, 5) is 4.24. The van der Waals surface area contributed by atoms with Gasteiger partial charge in [0.15, 0.2) is 0 Å². The molecule has 0 N–H and O–H groups in total. The van der Waals surface area contributed by atoms with E-state index in [1.807, 2.05) is 18.7 Å². The second kappa shape index (κ2) is 5.29. The van der Waals surface area contributed by atoms with Crippen molar-refractivity contribution < 1.29 is 0 Å². The Hall–Kier alpha value is -2.06. The maximum Gasteiger partial charge on any atom is 0.0954 e. The molecule has 2 aromatic carbocycles. The van der Waals surface area contributed by atoms with Crippen LogP contribution in [-0.2, 0) is 12.8 Å². The Kier molecular flexibility index (Phi) is 3.27. The molecule has 4 rings (SSSR count). The molecule has 1 aliphatic rings. The molecule has 2 nitrogen and oxygen atoms in total. The van der Waals surface area contributed by atoms with Crippen molar-refractivity contribution in [3.05, 3.63) is 88.0 Å². The van der Waals surface area contributed by atoms with Crippen LogP contribution in [0, 0.1) is 6.92 Å². The number of aryl methyl sites for hydroxylation is 3. The van der Waals surface area contributed by atoms with Crippen molar-refractivity contribution in [3.63, 3.8) is 0 Å². The van der Waals surface area contributed by atoms with E-state index in [-0.39, 0.29) is 6.04 Å². The van der Waals surface area contributed by atoms with Gasteiger partial charge >= 0.3 is 0 Å². The minimum Gasteiger partial charge on any atom is -0.326 e. The van der Waals surface area contributed by atoms with Crippen LogP contribution in [0.1, 0.15) is 33.9 Å². The molecule has 0 saturated carbocycles. The van der Waals surface area contributed by atoms with Gasteiger partial charge < -0.3 is 4.57 Å². The Morgan fingerprint density at radius 1 is 1.14 bits per heavy atom. The molecule has 110 valence electrons. The molecule has 0 amide bonds. The summed E-state index contributed by atoms with van der Waals surface area (Å²) in [7, 11) is 0. The summed E-state index contributed by atoms with van der Waals surface area (Å²) in [5, 5.41) is 0.852. The Labute approximate surface area is 135 Å². The fourth-order valence-corrected chi connectivity index (χ4v) is 3.92. The fraction of sp³-hybridized carbons (Fsp3) is 0.211. The van der Waals surface area contributed by atoms with Crippen LogP contribution in [0.3, 0.4) is 0 Å². The Morgan fingerprint density at radius 3 is 2.77 bits per heavy atom. The lowest BCUT2D eigenvalue weighted by atomic mass is 9.93. The summed E-state index contributed by atoms with van der Waals surface area (Å²) in [6.45, 7) is 2.11. The van der Waals surface area contributed by atoms with E-state index in [4.69, 9.17) is 11.6 Å². The molecule has 1 unspecified atom stereocenters. The third-order valence-corrected chi connectivity index (χ3v) is 4.78. The second-order valence-corrected chi connectivity index (χ2v) is 6.34. The first-order valence-corrected chi connectivity index (χ1v) is 7.96. The first kappa shape index (κ1) is 13.6. The van der Waals surface area contributed by atoms with Crippen LogP contribution in [0.2, 0.25) is 5.02 Å². The zero-order valence-corrected chi connectivity index (χ0v) is 13.2. The van der Waals surface area contributed by atoms with Crippen molar-refractivity contribution in [1.29, 1.82) is 0 Å². The molecule has 3 aromatic rings. The molecule has 22 heavy (non-hydrogen) atoms. The average molecular weight is 309 g/mol. The summed E-state index contributed by atoms with van der Waals surface area (Å²) in [5.41, 5.74) is 6.50. The van der Waals surface area contributed by atoms with Gasteiger partial charge in [0.05, 0.1) is 12.4 Å². The van der Waals surface area contributed by atoms with Crippen molar-refractivity contribution in [2.75, 3.05) is 0 Å². The van der Waals surface area contributed by atoms with E-state index in [1.165, 1.54) is 27.8 Å². The SMILES string of the molecule is Cc1cc(Cl)c2c(c1)CCc1ccccc1C2n1ccnc1. The number of hydrogen-bond acceptors (Lipinski definition) is 1. The Balaban J connectivity index is 2.03. The van der Waals surface area contributed by atoms with Crippen LogP contribution < -0.4 is 0 Å². The van der Waals surface area contributed by atoms with E-state index in [1.54, 1.807) is 0 Å². The Morgan fingerprint density at radius 2 is 1.95 bits per heavy atom. The van der Waals surface area contributed by atoms with E-state index in [2.05, 4.69) is 52.9 Å². The highest BCUT2D eigenvalue weighted by Crippen LogP contribution is 2.39. The Bertz CT molecular complexity index is 821. The van der Waals surface area contributed by atoms with Crippen LogP contribution in [0.25, 0.3) is 0 Å². The van der Waals surface area contributed by atoms with Crippen LogP contribution >= 0.6 is 11.6 Å². The van der Waals surface area contributed by atoms with E-state index in [0.29, 0.717) is 0 Å². The summed E-state index contributed by atoms with van der Waals surface area (Å²) in [5.74, 6) is 0. The average Bonchev–Trinajstić information content (AvgIpc) is 2.97. The predicted molar refractivity (Wildman–Crippen MR) is 89.5 cm³/mol. The van der Waals surface area contributed by atoms with Gasteiger partial charge in [0.2, 0.25) is 0 Å². The summed E-state index contributed by atoms with van der Waals surface area (Å²) in [6, 6.07) is 13.1. The standard InChI is InChI=1S/C19H17ClN2/c1-13-10-15-7-6-14-4-2-3-5-16(14)19(18(15)17(20)11-13)22-9-8-21-12-22/h2-5,8-12,19H,6-7H2,1H3. The summed E-state index contributed by atoms with van der Waals surface area (Å²) < 4.78 is 2.16. The van der Waals surface area contributed by atoms with Gasteiger partial charge in [-0.1, -0.05) is 41.9 Å². The van der Waals surface area contributed by atoms with Crippen molar-refractivity contribution in [3.8, 4) is 0 Å². The number of rotatable bonds is 1. The monoisotopic (exact) mass is 308 g/mol. The van der Waals surface area contributed by atoms with Gasteiger partial charge in [0.1, 0.15) is 0 Å². The molecule has 0 spiro atoms. The molecule has 1 aromatic heterocycles. The molecule has 0 bridgehead atoms. The minimum absolute atomic E-state index is 0.101. The van der Waals surface area contributed by atoms with Crippen LogP contribution in [0.15, 0.2) is 55.1 Å². The quantitative estimate of drug-likeness (QED) is 0.643. The van der Waals surface area contributed by atoms with Crippen LogP contribution in [-0.4, -0.2) is 9.55 Å². The minimum atomic E-state index is 0.101. The van der Waals surface area contributed by atoms with Gasteiger partial charge in [-0.25, -0.2) is 4.98 Å². The van der Waals surface area contributed by atoms with Gasteiger partial charge in [-0.15, -0.1) is 0 Å². The highest BCUT2D eigenvalue weighted by Gasteiger charge is 2.27. The van der Waals surface area contributed by atoms with Gasteiger partial charge in [-0.2, -0.15) is 0 Å². The third-order valence-electron chi connectivity index (χ3n) is 4.47. The number of benzene rings is 2. The van der Waals surface area contributed by atoms with Crippen molar-refractivity contribution in [2.45, 2.75) is 25.8 Å². The largest absolute Gasteiger partial charge is 0.326 e. The molecular formula is C19H17ClN2. The number of nitrogens with zero attached hydrogens (tertiary/aromatic N) is 2. The molecule has 0 aliphatic heterocycles. The summed E-state index contributed by atoms with van der Waals surface area (Å²) >= 11 is 6.66. The lowest BCUT2D eigenvalue weighted by Gasteiger charge is -2.23.